The number of carboxylic acid groups (broad SMARTS) is 1. The van der Waals surface area contributed by atoms with Crippen LogP contribution in [0.25, 0.3) is 5.65 Å². The minimum atomic E-state index is -0.875. The molecular weight excluding hydrogens is 246 g/mol. The number of fused-ring (bicyclic) bond motifs is 1. The zero-order chi connectivity index (χ0) is 13.2. The van der Waals surface area contributed by atoms with Crippen molar-refractivity contribution in [3.63, 3.8) is 0 Å². The molecule has 1 saturated heterocycles. The van der Waals surface area contributed by atoms with Crippen molar-refractivity contribution in [1.29, 1.82) is 0 Å². The van der Waals surface area contributed by atoms with E-state index in [1.54, 1.807) is 10.7 Å². The van der Waals surface area contributed by atoms with Gasteiger partial charge in [0.05, 0.1) is 24.0 Å². The van der Waals surface area contributed by atoms with Gasteiger partial charge in [0.15, 0.2) is 5.65 Å². The Bertz CT molecular complexity index is 602. The van der Waals surface area contributed by atoms with Gasteiger partial charge in [0.2, 0.25) is 0 Å². The van der Waals surface area contributed by atoms with E-state index < -0.39 is 5.97 Å². The molecule has 0 atom stereocenters. The zero-order valence-corrected chi connectivity index (χ0v) is 10.5. The van der Waals surface area contributed by atoms with E-state index >= 15 is 0 Å². The lowest BCUT2D eigenvalue weighted by molar-refractivity contribution is -0.136. The van der Waals surface area contributed by atoms with Crippen LogP contribution >= 0.6 is 0 Å². The lowest BCUT2D eigenvalue weighted by Gasteiger charge is -2.21. The number of rotatable bonds is 3. The fraction of sp³-hybridized carbons (Fsp3) is 0.462. The number of aromatic nitrogens is 3. The fourth-order valence-corrected chi connectivity index (χ4v) is 2.42. The Kier molecular flexibility index (Phi) is 3.16. The van der Waals surface area contributed by atoms with Gasteiger partial charge in [-0.2, -0.15) is 5.10 Å². The minimum absolute atomic E-state index is 0.0641. The summed E-state index contributed by atoms with van der Waals surface area (Å²) in [5, 5.41) is 13.4. The highest BCUT2D eigenvalue weighted by molar-refractivity contribution is 5.69. The van der Waals surface area contributed by atoms with Gasteiger partial charge in [-0.15, -0.1) is 0 Å². The molecular formula is C13H15N3O3. The minimum Gasteiger partial charge on any atom is -0.481 e. The molecule has 2 aromatic heterocycles. The molecule has 0 radical (unpaired) electrons. The third kappa shape index (κ3) is 2.44. The van der Waals surface area contributed by atoms with Gasteiger partial charge in [-0.1, -0.05) is 0 Å². The lowest BCUT2D eigenvalue weighted by Crippen LogP contribution is -2.16. The van der Waals surface area contributed by atoms with Crippen molar-refractivity contribution in [2.45, 2.75) is 25.2 Å². The molecule has 1 N–H and O–H groups in total. The monoisotopic (exact) mass is 261 g/mol. The highest BCUT2D eigenvalue weighted by atomic mass is 16.5. The molecule has 100 valence electrons. The van der Waals surface area contributed by atoms with E-state index in [4.69, 9.17) is 9.84 Å². The molecule has 0 bridgehead atoms. The van der Waals surface area contributed by atoms with Gasteiger partial charge in [-0.3, -0.25) is 4.79 Å². The third-order valence-corrected chi connectivity index (χ3v) is 3.43. The Morgan fingerprint density at radius 1 is 1.42 bits per heavy atom. The number of imidazole rings is 1. The average molecular weight is 261 g/mol. The number of aliphatic carboxylic acids is 1. The Labute approximate surface area is 110 Å². The molecule has 2 aromatic rings. The van der Waals surface area contributed by atoms with Gasteiger partial charge in [-0.05, 0) is 25.0 Å². The van der Waals surface area contributed by atoms with Crippen LogP contribution in [-0.2, 0) is 16.0 Å². The number of carbonyl (C=O) groups is 1. The second-order valence-electron chi connectivity index (χ2n) is 4.73. The van der Waals surface area contributed by atoms with Crippen molar-refractivity contribution < 1.29 is 14.6 Å². The Morgan fingerprint density at radius 2 is 2.21 bits per heavy atom. The molecule has 3 heterocycles. The Morgan fingerprint density at radius 3 is 2.95 bits per heavy atom. The Hall–Kier alpha value is -1.95. The second kappa shape index (κ2) is 4.97. The van der Waals surface area contributed by atoms with E-state index in [2.05, 4.69) is 10.1 Å². The number of hydrogen-bond acceptors (Lipinski definition) is 4. The van der Waals surface area contributed by atoms with Gasteiger partial charge in [0.1, 0.15) is 0 Å². The first kappa shape index (κ1) is 12.1. The normalized spacial score (nSPS) is 16.8. The summed E-state index contributed by atoms with van der Waals surface area (Å²) in [5.74, 6) is -0.488. The molecule has 1 fully saturated rings. The standard InChI is InChI=1S/C13H15N3O3/c17-13(18)7-10-8-14-12-2-1-11(15-16(10)12)9-3-5-19-6-4-9/h1-2,8-9H,3-7H2,(H,17,18). The smallest absolute Gasteiger partial charge is 0.309 e. The van der Waals surface area contributed by atoms with Gasteiger partial charge in [0.25, 0.3) is 0 Å². The molecule has 0 saturated carbocycles. The summed E-state index contributed by atoms with van der Waals surface area (Å²) in [4.78, 5) is 15.0. The maximum Gasteiger partial charge on any atom is 0.309 e. The van der Waals surface area contributed by atoms with Crippen molar-refractivity contribution in [3.8, 4) is 0 Å². The van der Waals surface area contributed by atoms with E-state index in [1.807, 2.05) is 12.1 Å². The summed E-state index contributed by atoms with van der Waals surface area (Å²) in [6.07, 6.45) is 3.43. The molecule has 1 aliphatic heterocycles. The van der Waals surface area contributed by atoms with Crippen molar-refractivity contribution >= 4 is 11.6 Å². The van der Waals surface area contributed by atoms with Gasteiger partial charge < -0.3 is 9.84 Å². The molecule has 0 amide bonds. The van der Waals surface area contributed by atoms with Crippen LogP contribution in [0.5, 0.6) is 0 Å². The largest absolute Gasteiger partial charge is 0.481 e. The Balaban J connectivity index is 1.95. The second-order valence-corrected chi connectivity index (χ2v) is 4.73. The molecule has 6 nitrogen and oxygen atoms in total. The van der Waals surface area contributed by atoms with Crippen molar-refractivity contribution in [1.82, 2.24) is 14.6 Å². The molecule has 3 rings (SSSR count). The average Bonchev–Trinajstić information content (AvgIpc) is 2.82. The number of carboxylic acids is 1. The SMILES string of the molecule is O=C(O)Cc1cnc2ccc(C3CCOCC3)nn12. The van der Waals surface area contributed by atoms with Crippen LogP contribution in [0.15, 0.2) is 18.3 Å². The summed E-state index contributed by atoms with van der Waals surface area (Å²) in [7, 11) is 0. The fourth-order valence-electron chi connectivity index (χ4n) is 2.42. The van der Waals surface area contributed by atoms with Crippen LogP contribution in [0.4, 0.5) is 0 Å². The molecule has 0 aliphatic carbocycles. The lowest BCUT2D eigenvalue weighted by atomic mass is 9.96. The molecule has 0 unspecified atom stereocenters. The molecule has 0 spiro atoms. The van der Waals surface area contributed by atoms with E-state index in [0.717, 1.165) is 31.7 Å². The van der Waals surface area contributed by atoms with Crippen LogP contribution < -0.4 is 0 Å². The molecule has 19 heavy (non-hydrogen) atoms. The van der Waals surface area contributed by atoms with Gasteiger partial charge in [-0.25, -0.2) is 9.50 Å². The maximum atomic E-state index is 10.8. The van der Waals surface area contributed by atoms with Crippen molar-refractivity contribution in [3.05, 3.63) is 29.7 Å². The summed E-state index contributed by atoms with van der Waals surface area (Å²) in [5.41, 5.74) is 2.28. The van der Waals surface area contributed by atoms with Crippen LogP contribution in [0, 0.1) is 0 Å². The van der Waals surface area contributed by atoms with Crippen LogP contribution in [-0.4, -0.2) is 38.9 Å². The highest BCUT2D eigenvalue weighted by Gasteiger charge is 2.18. The van der Waals surface area contributed by atoms with E-state index in [-0.39, 0.29) is 6.42 Å². The van der Waals surface area contributed by atoms with Crippen molar-refractivity contribution in [2.75, 3.05) is 13.2 Å². The van der Waals surface area contributed by atoms with Gasteiger partial charge >= 0.3 is 5.97 Å². The summed E-state index contributed by atoms with van der Waals surface area (Å²) in [6.45, 7) is 1.52. The zero-order valence-electron chi connectivity index (χ0n) is 10.5. The summed E-state index contributed by atoms with van der Waals surface area (Å²) in [6, 6.07) is 3.87. The number of hydrogen-bond donors (Lipinski definition) is 1. The predicted molar refractivity (Wildman–Crippen MR) is 67.1 cm³/mol. The number of nitrogens with zero attached hydrogens (tertiary/aromatic N) is 3. The van der Waals surface area contributed by atoms with E-state index in [9.17, 15) is 4.79 Å². The van der Waals surface area contributed by atoms with Crippen LogP contribution in [0.1, 0.15) is 30.1 Å². The first-order valence-corrected chi connectivity index (χ1v) is 6.37. The topological polar surface area (TPSA) is 76.7 Å². The number of ether oxygens (including phenoxy) is 1. The first-order chi connectivity index (χ1) is 9.24. The molecule has 1 aliphatic rings. The van der Waals surface area contributed by atoms with Gasteiger partial charge in [0, 0.05) is 19.1 Å². The maximum absolute atomic E-state index is 10.8. The quantitative estimate of drug-likeness (QED) is 0.899. The first-order valence-electron chi connectivity index (χ1n) is 6.37. The van der Waals surface area contributed by atoms with E-state index in [1.165, 1.54) is 0 Å². The third-order valence-electron chi connectivity index (χ3n) is 3.43. The predicted octanol–water partition coefficient (Wildman–Crippen LogP) is 1.25. The van der Waals surface area contributed by atoms with Crippen LogP contribution in [0.3, 0.4) is 0 Å². The highest BCUT2D eigenvalue weighted by Crippen LogP contribution is 2.25. The van der Waals surface area contributed by atoms with E-state index in [0.29, 0.717) is 17.3 Å². The summed E-state index contributed by atoms with van der Waals surface area (Å²) >= 11 is 0. The van der Waals surface area contributed by atoms with Crippen molar-refractivity contribution in [2.24, 2.45) is 0 Å². The summed E-state index contributed by atoms with van der Waals surface area (Å²) < 4.78 is 6.98. The molecule has 0 aromatic carbocycles. The van der Waals surface area contributed by atoms with Crippen LogP contribution in [0.2, 0.25) is 0 Å². The molecule has 6 heteroatoms.